The van der Waals surface area contributed by atoms with Gasteiger partial charge >= 0.3 is 11.9 Å². The summed E-state index contributed by atoms with van der Waals surface area (Å²) in [6.45, 7) is 6.15. The average Bonchev–Trinajstić information content (AvgIpc) is 3.24. The fraction of sp³-hybridized carbons (Fsp3) is 0.840. The summed E-state index contributed by atoms with van der Waals surface area (Å²) in [6, 6.07) is 0. The number of carbonyl (C=O) groups is 2. The molecule has 4 fully saturated rings. The summed E-state index contributed by atoms with van der Waals surface area (Å²) in [5.74, 6) is 0.316. The Morgan fingerprint density at radius 3 is 2.58 bits per heavy atom. The summed E-state index contributed by atoms with van der Waals surface area (Å²) in [7, 11) is 0. The van der Waals surface area contributed by atoms with Gasteiger partial charge in [0.15, 0.2) is 0 Å². The van der Waals surface area contributed by atoms with Crippen molar-refractivity contribution in [2.24, 2.45) is 34.5 Å². The predicted molar refractivity (Wildman–Crippen MR) is 113 cm³/mol. The number of carbonyl (C=O) groups excluding carboxylic acids is 2. The SMILES string of the molecule is CC(=O)O[C@H]1CC[C@@]2(C)[C@H](CC[C@@H]3[C@@H]2C[C@H](O)[C@]2(C)[C@@H](C4=CC(=O)OC4)CC[C@]32O)C1. The fourth-order valence-corrected chi connectivity index (χ4v) is 8.69. The monoisotopic (exact) mass is 432 g/mol. The molecule has 0 aromatic rings. The van der Waals surface area contributed by atoms with E-state index in [1.807, 2.05) is 6.92 Å². The molecule has 5 aliphatic rings. The van der Waals surface area contributed by atoms with E-state index in [1.54, 1.807) is 6.08 Å². The Labute approximate surface area is 184 Å². The van der Waals surface area contributed by atoms with Gasteiger partial charge in [0.05, 0.1) is 11.7 Å². The molecule has 5 rings (SSSR count). The molecular weight excluding hydrogens is 396 g/mol. The van der Waals surface area contributed by atoms with Crippen molar-refractivity contribution in [3.05, 3.63) is 11.6 Å². The van der Waals surface area contributed by atoms with E-state index >= 15 is 0 Å². The van der Waals surface area contributed by atoms with Gasteiger partial charge in [-0.25, -0.2) is 4.79 Å². The molecule has 9 atom stereocenters. The van der Waals surface area contributed by atoms with Crippen LogP contribution in [0.4, 0.5) is 0 Å². The van der Waals surface area contributed by atoms with Crippen molar-refractivity contribution in [3.63, 3.8) is 0 Å². The van der Waals surface area contributed by atoms with Crippen LogP contribution < -0.4 is 0 Å². The van der Waals surface area contributed by atoms with Crippen LogP contribution in [0.25, 0.3) is 0 Å². The summed E-state index contributed by atoms with van der Waals surface area (Å²) in [4.78, 5) is 23.2. The number of hydrogen-bond donors (Lipinski definition) is 2. The van der Waals surface area contributed by atoms with Gasteiger partial charge in [-0.15, -0.1) is 0 Å². The van der Waals surface area contributed by atoms with Gasteiger partial charge in [-0.05, 0) is 86.0 Å². The van der Waals surface area contributed by atoms with Gasteiger partial charge in [0.25, 0.3) is 0 Å². The Morgan fingerprint density at radius 2 is 1.90 bits per heavy atom. The Morgan fingerprint density at radius 1 is 1.13 bits per heavy atom. The number of rotatable bonds is 2. The molecule has 31 heavy (non-hydrogen) atoms. The second-order valence-corrected chi connectivity index (χ2v) is 11.4. The highest BCUT2D eigenvalue weighted by Gasteiger charge is 2.70. The predicted octanol–water partition coefficient (Wildman–Crippen LogP) is 3.15. The largest absolute Gasteiger partial charge is 0.463 e. The molecule has 0 aromatic heterocycles. The van der Waals surface area contributed by atoms with Crippen LogP contribution in [0.3, 0.4) is 0 Å². The maximum Gasteiger partial charge on any atom is 0.331 e. The number of ether oxygens (including phenoxy) is 2. The standard InChI is InChI=1S/C25H36O6/c1-14(26)31-17-6-8-23(2)16(11-17)4-5-19-20(23)12-21(27)24(3)18(7-9-25(19,24)29)15-10-22(28)30-13-15/h10,16-21,27,29H,4-9,11-13H2,1-3H3/t16-,17+,18-,19-,20+,21+,23+,24+,25+/m1/s1. The molecule has 0 radical (unpaired) electrons. The number of esters is 2. The topological polar surface area (TPSA) is 93.1 Å². The van der Waals surface area contributed by atoms with E-state index in [1.165, 1.54) is 6.92 Å². The molecule has 0 bridgehead atoms. The minimum Gasteiger partial charge on any atom is -0.463 e. The third-order valence-corrected chi connectivity index (χ3v) is 10.4. The Kier molecular flexibility index (Phi) is 4.88. The second-order valence-electron chi connectivity index (χ2n) is 11.4. The smallest absolute Gasteiger partial charge is 0.331 e. The number of aliphatic hydroxyl groups is 2. The Bertz CT molecular complexity index is 821. The summed E-state index contributed by atoms with van der Waals surface area (Å²) in [5, 5.41) is 23.8. The van der Waals surface area contributed by atoms with Crippen LogP contribution >= 0.6 is 0 Å². The molecule has 1 aliphatic heterocycles. The van der Waals surface area contributed by atoms with E-state index in [9.17, 15) is 19.8 Å². The van der Waals surface area contributed by atoms with E-state index < -0.39 is 17.1 Å². The highest BCUT2D eigenvalue weighted by Crippen LogP contribution is 2.69. The fourth-order valence-electron chi connectivity index (χ4n) is 8.69. The van der Waals surface area contributed by atoms with Crippen LogP contribution in [0.15, 0.2) is 11.6 Å². The van der Waals surface area contributed by atoms with Crippen molar-refractivity contribution in [1.82, 2.24) is 0 Å². The van der Waals surface area contributed by atoms with Crippen LogP contribution in [0.2, 0.25) is 0 Å². The summed E-state index contributed by atoms with van der Waals surface area (Å²) in [5.41, 5.74) is -0.622. The van der Waals surface area contributed by atoms with Gasteiger partial charge < -0.3 is 19.7 Å². The molecule has 6 nitrogen and oxygen atoms in total. The number of aliphatic hydroxyl groups excluding tert-OH is 1. The minimum absolute atomic E-state index is 0.00306. The zero-order chi connectivity index (χ0) is 22.2. The molecule has 0 aromatic carbocycles. The molecule has 0 spiro atoms. The zero-order valence-electron chi connectivity index (χ0n) is 18.9. The summed E-state index contributed by atoms with van der Waals surface area (Å²) >= 11 is 0. The molecular formula is C25H36O6. The summed E-state index contributed by atoms with van der Waals surface area (Å²) < 4.78 is 10.7. The first-order valence-corrected chi connectivity index (χ1v) is 12.0. The molecule has 4 aliphatic carbocycles. The number of hydrogen-bond acceptors (Lipinski definition) is 6. The van der Waals surface area contributed by atoms with Crippen molar-refractivity contribution >= 4 is 11.9 Å². The molecule has 172 valence electrons. The summed E-state index contributed by atoms with van der Waals surface area (Å²) in [6.07, 6.45) is 7.77. The van der Waals surface area contributed by atoms with E-state index in [-0.39, 0.29) is 47.8 Å². The highest BCUT2D eigenvalue weighted by molar-refractivity contribution is 5.85. The van der Waals surface area contributed by atoms with E-state index in [4.69, 9.17) is 9.47 Å². The first-order valence-electron chi connectivity index (χ1n) is 12.0. The van der Waals surface area contributed by atoms with Crippen molar-refractivity contribution in [1.29, 1.82) is 0 Å². The lowest BCUT2D eigenvalue weighted by Crippen LogP contribution is -2.67. The van der Waals surface area contributed by atoms with Gasteiger partial charge in [-0.3, -0.25) is 4.79 Å². The van der Waals surface area contributed by atoms with Crippen LogP contribution in [0.1, 0.15) is 72.1 Å². The maximum absolute atomic E-state index is 12.2. The molecule has 4 saturated carbocycles. The molecule has 0 saturated heterocycles. The van der Waals surface area contributed by atoms with Crippen molar-refractivity contribution in [2.45, 2.75) is 89.9 Å². The first-order chi connectivity index (χ1) is 14.6. The third-order valence-electron chi connectivity index (χ3n) is 10.4. The molecule has 0 unspecified atom stereocenters. The van der Waals surface area contributed by atoms with Gasteiger partial charge in [-0.2, -0.15) is 0 Å². The van der Waals surface area contributed by atoms with E-state index in [0.29, 0.717) is 18.8 Å². The van der Waals surface area contributed by atoms with Crippen LogP contribution in [0.5, 0.6) is 0 Å². The third kappa shape index (κ3) is 2.90. The minimum atomic E-state index is -0.937. The Hall–Kier alpha value is -1.40. The van der Waals surface area contributed by atoms with Gasteiger partial charge in [0, 0.05) is 18.4 Å². The number of fused-ring (bicyclic) bond motifs is 5. The first kappa shape index (κ1) is 21.4. The molecule has 6 heteroatoms. The number of cyclic esters (lactones) is 1. The van der Waals surface area contributed by atoms with Crippen molar-refractivity contribution < 1.29 is 29.3 Å². The Balaban J connectivity index is 1.44. The van der Waals surface area contributed by atoms with Gasteiger partial charge in [0.1, 0.15) is 12.7 Å². The highest BCUT2D eigenvalue weighted by atomic mass is 16.5. The van der Waals surface area contributed by atoms with Crippen LogP contribution in [0, 0.1) is 34.5 Å². The van der Waals surface area contributed by atoms with Crippen molar-refractivity contribution in [2.75, 3.05) is 6.61 Å². The van der Waals surface area contributed by atoms with Crippen molar-refractivity contribution in [3.8, 4) is 0 Å². The lowest BCUT2D eigenvalue weighted by Gasteiger charge is -2.65. The lowest BCUT2D eigenvalue weighted by atomic mass is 9.42. The second kappa shape index (κ2) is 7.05. The quantitative estimate of drug-likeness (QED) is 0.651. The normalized spacial score (nSPS) is 51.3. The molecule has 1 heterocycles. The zero-order valence-corrected chi connectivity index (χ0v) is 18.9. The molecule has 0 amide bonds. The van der Waals surface area contributed by atoms with E-state index in [2.05, 4.69) is 6.92 Å². The van der Waals surface area contributed by atoms with Crippen LogP contribution in [-0.2, 0) is 19.1 Å². The lowest BCUT2D eigenvalue weighted by molar-refractivity contribution is -0.245. The average molecular weight is 433 g/mol. The van der Waals surface area contributed by atoms with Gasteiger partial charge in [-0.1, -0.05) is 13.8 Å². The van der Waals surface area contributed by atoms with Gasteiger partial charge in [0.2, 0.25) is 0 Å². The maximum atomic E-state index is 12.2. The molecule has 2 N–H and O–H groups in total. The van der Waals surface area contributed by atoms with E-state index in [0.717, 1.165) is 44.1 Å². The van der Waals surface area contributed by atoms with Crippen LogP contribution in [-0.4, -0.2) is 46.6 Å².